The molecule has 102 valence electrons. The maximum atomic E-state index is 12.2. The van der Waals surface area contributed by atoms with Crippen LogP contribution in [-0.4, -0.2) is 55.3 Å². The Kier molecular flexibility index (Phi) is 6.30. The Labute approximate surface area is 102 Å². The van der Waals surface area contributed by atoms with E-state index < -0.39 is 6.43 Å². The number of likely N-dealkylation sites (tertiary alicyclic amines) is 1. The second-order valence-electron chi connectivity index (χ2n) is 5.22. The molecule has 5 heteroatoms. The fraction of sp³-hybridized carbons (Fsp3) is 1.00. The van der Waals surface area contributed by atoms with Gasteiger partial charge in [-0.25, -0.2) is 8.78 Å². The van der Waals surface area contributed by atoms with Crippen molar-refractivity contribution in [1.29, 1.82) is 0 Å². The SMILES string of the molecule is CC(C)C1CC(NCC(F)F)CN(CCO)C1. The maximum absolute atomic E-state index is 12.2. The van der Waals surface area contributed by atoms with E-state index in [2.05, 4.69) is 24.1 Å². The second-order valence-corrected chi connectivity index (χ2v) is 5.22. The number of nitrogens with one attached hydrogen (secondary N) is 1. The number of hydrogen-bond donors (Lipinski definition) is 2. The van der Waals surface area contributed by atoms with E-state index in [0.717, 1.165) is 19.5 Å². The molecule has 0 aromatic heterocycles. The number of β-amino-alcohol motifs (C(OH)–C–C–N with tert-alkyl or cyclic N) is 1. The highest BCUT2D eigenvalue weighted by Gasteiger charge is 2.28. The van der Waals surface area contributed by atoms with Crippen LogP contribution in [0.3, 0.4) is 0 Å². The molecule has 0 amide bonds. The van der Waals surface area contributed by atoms with Gasteiger partial charge in [0.25, 0.3) is 6.43 Å². The predicted octanol–water partition coefficient (Wildman–Crippen LogP) is 1.18. The topological polar surface area (TPSA) is 35.5 Å². The molecular formula is C12H24F2N2O. The number of rotatable bonds is 6. The van der Waals surface area contributed by atoms with Gasteiger partial charge < -0.3 is 10.4 Å². The molecule has 17 heavy (non-hydrogen) atoms. The standard InChI is InChI=1S/C12H24F2N2O/c1-9(2)10-5-11(15-6-12(13)14)8-16(7-10)3-4-17/h9-12,15,17H,3-8H2,1-2H3. The monoisotopic (exact) mass is 250 g/mol. The summed E-state index contributed by atoms with van der Waals surface area (Å²) in [6.45, 7) is 6.58. The van der Waals surface area contributed by atoms with Crippen molar-refractivity contribution in [2.24, 2.45) is 11.8 Å². The molecule has 1 heterocycles. The first-order valence-corrected chi connectivity index (χ1v) is 6.37. The molecule has 2 N–H and O–H groups in total. The minimum absolute atomic E-state index is 0.122. The van der Waals surface area contributed by atoms with Gasteiger partial charge in [-0.05, 0) is 18.3 Å². The van der Waals surface area contributed by atoms with Gasteiger partial charge in [0.2, 0.25) is 0 Å². The van der Waals surface area contributed by atoms with Gasteiger partial charge in [-0.15, -0.1) is 0 Å². The highest BCUT2D eigenvalue weighted by Crippen LogP contribution is 2.23. The molecule has 0 aromatic carbocycles. The molecule has 1 aliphatic rings. The van der Waals surface area contributed by atoms with Gasteiger partial charge in [-0.3, -0.25) is 4.90 Å². The summed E-state index contributed by atoms with van der Waals surface area (Å²) < 4.78 is 24.3. The lowest BCUT2D eigenvalue weighted by molar-refractivity contribution is 0.0832. The third-order valence-electron chi connectivity index (χ3n) is 3.48. The van der Waals surface area contributed by atoms with E-state index in [1.54, 1.807) is 0 Å². The van der Waals surface area contributed by atoms with E-state index >= 15 is 0 Å². The van der Waals surface area contributed by atoms with E-state index in [9.17, 15) is 8.78 Å². The van der Waals surface area contributed by atoms with E-state index in [4.69, 9.17) is 5.11 Å². The van der Waals surface area contributed by atoms with E-state index in [0.29, 0.717) is 18.4 Å². The molecule has 0 radical (unpaired) electrons. The van der Waals surface area contributed by atoms with Gasteiger partial charge in [0.1, 0.15) is 0 Å². The largest absolute Gasteiger partial charge is 0.395 e. The maximum Gasteiger partial charge on any atom is 0.250 e. The molecular weight excluding hydrogens is 226 g/mol. The molecule has 1 saturated heterocycles. The van der Waals surface area contributed by atoms with Crippen LogP contribution in [0.4, 0.5) is 8.78 Å². The summed E-state index contributed by atoms with van der Waals surface area (Å²) in [4.78, 5) is 2.16. The van der Waals surface area contributed by atoms with E-state index in [-0.39, 0.29) is 19.2 Å². The van der Waals surface area contributed by atoms with Crippen molar-refractivity contribution in [3.05, 3.63) is 0 Å². The zero-order valence-electron chi connectivity index (χ0n) is 10.7. The average molecular weight is 250 g/mol. The van der Waals surface area contributed by atoms with Crippen molar-refractivity contribution in [2.45, 2.75) is 32.7 Å². The molecule has 1 fully saturated rings. The summed E-state index contributed by atoms with van der Waals surface area (Å²) in [5, 5.41) is 11.9. The van der Waals surface area contributed by atoms with Crippen LogP contribution in [0.25, 0.3) is 0 Å². The first-order chi connectivity index (χ1) is 8.02. The summed E-state index contributed by atoms with van der Waals surface area (Å²) in [6, 6.07) is 0.122. The van der Waals surface area contributed by atoms with Crippen molar-refractivity contribution >= 4 is 0 Å². The summed E-state index contributed by atoms with van der Waals surface area (Å²) in [7, 11) is 0. The van der Waals surface area contributed by atoms with Crippen molar-refractivity contribution in [3.63, 3.8) is 0 Å². The molecule has 2 atom stereocenters. The minimum Gasteiger partial charge on any atom is -0.395 e. The Morgan fingerprint density at radius 2 is 2.06 bits per heavy atom. The van der Waals surface area contributed by atoms with E-state index in [1.807, 2.05) is 0 Å². The molecule has 1 rings (SSSR count). The van der Waals surface area contributed by atoms with E-state index in [1.165, 1.54) is 0 Å². The Morgan fingerprint density at radius 3 is 2.59 bits per heavy atom. The van der Waals surface area contributed by atoms with Gasteiger partial charge >= 0.3 is 0 Å². The van der Waals surface area contributed by atoms with Gasteiger partial charge in [0.15, 0.2) is 0 Å². The third kappa shape index (κ3) is 5.27. The van der Waals surface area contributed by atoms with Crippen molar-refractivity contribution in [1.82, 2.24) is 10.2 Å². The molecule has 0 aromatic rings. The number of nitrogens with zero attached hydrogens (tertiary/aromatic N) is 1. The minimum atomic E-state index is -2.29. The molecule has 3 nitrogen and oxygen atoms in total. The summed E-state index contributed by atoms with van der Waals surface area (Å²) >= 11 is 0. The Bertz CT molecular complexity index is 215. The van der Waals surface area contributed by atoms with Crippen LogP contribution in [0.5, 0.6) is 0 Å². The fourth-order valence-electron chi connectivity index (χ4n) is 2.44. The summed E-state index contributed by atoms with van der Waals surface area (Å²) in [5.41, 5.74) is 0. The molecule has 0 saturated carbocycles. The summed E-state index contributed by atoms with van der Waals surface area (Å²) in [6.07, 6.45) is -1.34. The lowest BCUT2D eigenvalue weighted by Gasteiger charge is -2.39. The number of piperidine rings is 1. The van der Waals surface area contributed by atoms with Crippen molar-refractivity contribution in [3.8, 4) is 0 Å². The third-order valence-corrected chi connectivity index (χ3v) is 3.48. The lowest BCUT2D eigenvalue weighted by Crippen LogP contribution is -2.51. The van der Waals surface area contributed by atoms with Crippen molar-refractivity contribution in [2.75, 3.05) is 32.8 Å². The number of hydrogen-bond acceptors (Lipinski definition) is 3. The molecule has 2 unspecified atom stereocenters. The molecule has 0 bridgehead atoms. The lowest BCUT2D eigenvalue weighted by atomic mass is 9.85. The van der Waals surface area contributed by atoms with Crippen LogP contribution in [0.2, 0.25) is 0 Å². The quantitative estimate of drug-likeness (QED) is 0.743. The number of alkyl halides is 2. The molecule has 1 aliphatic heterocycles. The van der Waals surface area contributed by atoms with Gasteiger partial charge in [-0.1, -0.05) is 13.8 Å². The zero-order chi connectivity index (χ0) is 12.8. The van der Waals surface area contributed by atoms with Crippen LogP contribution < -0.4 is 5.32 Å². The number of aliphatic hydroxyl groups is 1. The highest BCUT2D eigenvalue weighted by atomic mass is 19.3. The highest BCUT2D eigenvalue weighted by molar-refractivity contribution is 4.84. The Morgan fingerprint density at radius 1 is 1.35 bits per heavy atom. The first kappa shape index (κ1) is 14.8. The molecule has 0 aliphatic carbocycles. The average Bonchev–Trinajstić information content (AvgIpc) is 2.26. The van der Waals surface area contributed by atoms with Crippen LogP contribution in [-0.2, 0) is 0 Å². The normalized spacial score (nSPS) is 27.0. The van der Waals surface area contributed by atoms with Crippen LogP contribution in [0, 0.1) is 11.8 Å². The number of aliphatic hydroxyl groups excluding tert-OH is 1. The van der Waals surface area contributed by atoms with Crippen molar-refractivity contribution < 1.29 is 13.9 Å². The first-order valence-electron chi connectivity index (χ1n) is 6.37. The zero-order valence-corrected chi connectivity index (χ0v) is 10.7. The predicted molar refractivity (Wildman–Crippen MR) is 64.3 cm³/mol. The van der Waals surface area contributed by atoms with Gasteiger partial charge in [-0.2, -0.15) is 0 Å². The van der Waals surface area contributed by atoms with Crippen LogP contribution in [0.1, 0.15) is 20.3 Å². The van der Waals surface area contributed by atoms with Crippen LogP contribution >= 0.6 is 0 Å². The van der Waals surface area contributed by atoms with Gasteiger partial charge in [0, 0.05) is 25.7 Å². The molecule has 0 spiro atoms. The Hall–Kier alpha value is -0.260. The summed E-state index contributed by atoms with van der Waals surface area (Å²) in [5.74, 6) is 1.07. The smallest absolute Gasteiger partial charge is 0.250 e. The Balaban J connectivity index is 2.46. The second kappa shape index (κ2) is 7.24. The fourth-order valence-corrected chi connectivity index (χ4v) is 2.44. The van der Waals surface area contributed by atoms with Crippen LogP contribution in [0.15, 0.2) is 0 Å². The number of halogens is 2. The van der Waals surface area contributed by atoms with Gasteiger partial charge in [0.05, 0.1) is 13.2 Å².